The predicted octanol–water partition coefficient (Wildman–Crippen LogP) is 3.54. The Morgan fingerprint density at radius 1 is 1.19 bits per heavy atom. The van der Waals surface area contributed by atoms with Gasteiger partial charge in [-0.1, -0.05) is 41.2 Å². The Hall–Kier alpha value is -3.64. The second-order valence-corrected chi connectivity index (χ2v) is 8.44. The van der Waals surface area contributed by atoms with Crippen molar-refractivity contribution in [3.8, 4) is 6.07 Å². The second-order valence-electron chi connectivity index (χ2n) is 7.38. The van der Waals surface area contributed by atoms with Gasteiger partial charge in [0.25, 0.3) is 0 Å². The van der Waals surface area contributed by atoms with Crippen LogP contribution in [0.2, 0.25) is 0 Å². The molecule has 9 heteroatoms. The minimum Gasteiger partial charge on any atom is -0.301 e. The zero-order chi connectivity index (χ0) is 22.0. The number of aryl methyl sites for hydroxylation is 3. The van der Waals surface area contributed by atoms with Crippen molar-refractivity contribution < 1.29 is 4.79 Å². The minimum atomic E-state index is -0.130. The molecular formula is C22H21N7OS. The van der Waals surface area contributed by atoms with Gasteiger partial charge in [-0.25, -0.2) is 9.50 Å². The lowest BCUT2D eigenvalue weighted by molar-refractivity contribution is -0.116. The summed E-state index contributed by atoms with van der Waals surface area (Å²) >= 11 is 1.38. The Morgan fingerprint density at radius 2 is 1.97 bits per heavy atom. The number of benzene rings is 1. The quantitative estimate of drug-likeness (QED) is 0.500. The van der Waals surface area contributed by atoms with Crippen LogP contribution in [0, 0.1) is 32.1 Å². The van der Waals surface area contributed by atoms with Gasteiger partial charge in [0.15, 0.2) is 5.65 Å². The Kier molecular flexibility index (Phi) is 5.73. The SMILES string of the molecule is Cc1ccc(Cc2nnc(NC(=O)CCc3c(C)nc4c(C#N)cnn4c3C)s2)cc1. The Balaban J connectivity index is 1.39. The summed E-state index contributed by atoms with van der Waals surface area (Å²) in [4.78, 5) is 17.0. The van der Waals surface area contributed by atoms with E-state index in [4.69, 9.17) is 0 Å². The first-order valence-electron chi connectivity index (χ1n) is 9.86. The van der Waals surface area contributed by atoms with Crippen LogP contribution in [-0.2, 0) is 17.6 Å². The maximum absolute atomic E-state index is 12.5. The summed E-state index contributed by atoms with van der Waals surface area (Å²) in [6, 6.07) is 10.4. The molecule has 0 spiro atoms. The highest BCUT2D eigenvalue weighted by Crippen LogP contribution is 2.21. The van der Waals surface area contributed by atoms with E-state index in [0.717, 1.165) is 27.5 Å². The molecule has 4 aromatic rings. The third-order valence-corrected chi connectivity index (χ3v) is 5.96. The van der Waals surface area contributed by atoms with Crippen LogP contribution in [0.1, 0.15) is 45.1 Å². The lowest BCUT2D eigenvalue weighted by atomic mass is 10.1. The van der Waals surface area contributed by atoms with Gasteiger partial charge in [0.05, 0.1) is 6.20 Å². The molecule has 0 atom stereocenters. The van der Waals surface area contributed by atoms with E-state index in [2.05, 4.69) is 62.9 Å². The van der Waals surface area contributed by atoms with Crippen LogP contribution >= 0.6 is 11.3 Å². The van der Waals surface area contributed by atoms with Gasteiger partial charge in [0.1, 0.15) is 16.6 Å². The number of nitriles is 1. The summed E-state index contributed by atoms with van der Waals surface area (Å²) in [6.45, 7) is 5.86. The predicted molar refractivity (Wildman–Crippen MR) is 118 cm³/mol. The third kappa shape index (κ3) is 4.44. The number of fused-ring (bicyclic) bond motifs is 1. The Bertz CT molecular complexity index is 1300. The van der Waals surface area contributed by atoms with Crippen LogP contribution in [0.4, 0.5) is 5.13 Å². The van der Waals surface area contributed by atoms with Gasteiger partial charge in [-0.2, -0.15) is 10.4 Å². The van der Waals surface area contributed by atoms with Crippen molar-refractivity contribution in [3.05, 3.63) is 69.1 Å². The molecule has 8 nitrogen and oxygen atoms in total. The minimum absolute atomic E-state index is 0.130. The molecule has 0 saturated carbocycles. The second kappa shape index (κ2) is 8.62. The van der Waals surface area contributed by atoms with Gasteiger partial charge in [-0.05, 0) is 38.3 Å². The lowest BCUT2D eigenvalue weighted by Gasteiger charge is -2.10. The van der Waals surface area contributed by atoms with Gasteiger partial charge in [-0.15, -0.1) is 10.2 Å². The number of carbonyl (C=O) groups excluding carboxylic acids is 1. The zero-order valence-corrected chi connectivity index (χ0v) is 18.3. The fraction of sp³-hybridized carbons (Fsp3) is 0.273. The van der Waals surface area contributed by atoms with Crippen molar-refractivity contribution in [2.75, 3.05) is 5.32 Å². The maximum atomic E-state index is 12.5. The molecule has 0 aliphatic carbocycles. The highest BCUT2D eigenvalue weighted by Gasteiger charge is 2.15. The molecule has 1 aromatic carbocycles. The molecule has 0 radical (unpaired) electrons. The first-order chi connectivity index (χ1) is 14.9. The maximum Gasteiger partial charge on any atom is 0.226 e. The molecule has 31 heavy (non-hydrogen) atoms. The summed E-state index contributed by atoms with van der Waals surface area (Å²) < 4.78 is 1.65. The fourth-order valence-electron chi connectivity index (χ4n) is 3.43. The van der Waals surface area contributed by atoms with Crippen LogP contribution in [0.25, 0.3) is 5.65 Å². The standard InChI is InChI=1S/C22H21N7OS/c1-13-4-6-16(7-5-13)10-20-27-28-22(31-20)26-19(30)9-8-18-14(2)25-21-17(11-23)12-24-29(21)15(18)3/h4-7,12H,8-10H2,1-3H3,(H,26,28,30). The average Bonchev–Trinajstić information content (AvgIpc) is 3.36. The number of hydrogen-bond acceptors (Lipinski definition) is 7. The monoisotopic (exact) mass is 431 g/mol. The Labute approximate surface area is 183 Å². The van der Waals surface area contributed by atoms with E-state index in [1.807, 2.05) is 13.8 Å². The van der Waals surface area contributed by atoms with Crippen molar-refractivity contribution >= 4 is 28.0 Å². The van der Waals surface area contributed by atoms with E-state index >= 15 is 0 Å². The first kappa shape index (κ1) is 20.6. The molecule has 1 amide bonds. The van der Waals surface area contributed by atoms with Crippen LogP contribution in [0.5, 0.6) is 0 Å². The van der Waals surface area contributed by atoms with Gasteiger partial charge >= 0.3 is 0 Å². The molecule has 0 saturated heterocycles. The molecule has 3 heterocycles. The van der Waals surface area contributed by atoms with Crippen molar-refractivity contribution in [3.63, 3.8) is 0 Å². The van der Waals surface area contributed by atoms with Gasteiger partial charge in [0.2, 0.25) is 11.0 Å². The van der Waals surface area contributed by atoms with E-state index < -0.39 is 0 Å². The lowest BCUT2D eigenvalue weighted by Crippen LogP contribution is -2.14. The molecular weight excluding hydrogens is 410 g/mol. The van der Waals surface area contributed by atoms with Crippen molar-refractivity contribution in [1.82, 2.24) is 24.8 Å². The number of amides is 1. The van der Waals surface area contributed by atoms with Crippen molar-refractivity contribution in [2.24, 2.45) is 0 Å². The normalized spacial score (nSPS) is 10.9. The molecule has 0 unspecified atom stereocenters. The van der Waals surface area contributed by atoms with Gasteiger partial charge in [0, 0.05) is 24.2 Å². The summed E-state index contributed by atoms with van der Waals surface area (Å²) in [6.07, 6.45) is 3.00. The molecule has 0 fully saturated rings. The summed E-state index contributed by atoms with van der Waals surface area (Å²) in [5.41, 5.74) is 5.99. The van der Waals surface area contributed by atoms with Crippen molar-refractivity contribution in [2.45, 2.75) is 40.0 Å². The number of carbonyl (C=O) groups is 1. The largest absolute Gasteiger partial charge is 0.301 e. The van der Waals surface area contributed by atoms with Crippen LogP contribution < -0.4 is 5.32 Å². The fourth-order valence-corrected chi connectivity index (χ4v) is 4.22. The zero-order valence-electron chi connectivity index (χ0n) is 17.5. The molecule has 4 rings (SSSR count). The number of hydrogen-bond donors (Lipinski definition) is 1. The summed E-state index contributed by atoms with van der Waals surface area (Å²) in [5.74, 6) is -0.130. The molecule has 0 aliphatic rings. The van der Waals surface area contributed by atoms with E-state index in [9.17, 15) is 10.1 Å². The molecule has 156 valence electrons. The smallest absolute Gasteiger partial charge is 0.226 e. The number of nitrogens with zero attached hydrogens (tertiary/aromatic N) is 6. The first-order valence-corrected chi connectivity index (χ1v) is 10.7. The highest BCUT2D eigenvalue weighted by molar-refractivity contribution is 7.15. The molecule has 3 aromatic heterocycles. The van der Waals surface area contributed by atoms with Gasteiger partial charge in [-0.3, -0.25) is 4.79 Å². The number of nitrogens with one attached hydrogen (secondary N) is 1. The van der Waals surface area contributed by atoms with Crippen molar-refractivity contribution in [1.29, 1.82) is 5.26 Å². The van der Waals surface area contributed by atoms with Crippen LogP contribution in [0.3, 0.4) is 0 Å². The van der Waals surface area contributed by atoms with Crippen LogP contribution in [0.15, 0.2) is 30.5 Å². The third-order valence-electron chi connectivity index (χ3n) is 5.12. The number of anilines is 1. The Morgan fingerprint density at radius 3 is 2.71 bits per heavy atom. The van der Waals surface area contributed by atoms with Crippen LogP contribution in [-0.4, -0.2) is 30.7 Å². The average molecular weight is 432 g/mol. The summed E-state index contributed by atoms with van der Waals surface area (Å²) in [5, 5.41) is 25.9. The highest BCUT2D eigenvalue weighted by atomic mass is 32.1. The van der Waals surface area contributed by atoms with E-state index in [-0.39, 0.29) is 12.3 Å². The topological polar surface area (TPSA) is 109 Å². The van der Waals surface area contributed by atoms with Gasteiger partial charge < -0.3 is 5.32 Å². The molecule has 0 bridgehead atoms. The van der Waals surface area contributed by atoms with E-state index in [0.29, 0.717) is 29.2 Å². The summed E-state index contributed by atoms with van der Waals surface area (Å²) in [7, 11) is 0. The molecule has 1 N–H and O–H groups in total. The van der Waals surface area contributed by atoms with E-state index in [1.165, 1.54) is 23.1 Å². The number of aromatic nitrogens is 5. The number of rotatable bonds is 6. The molecule has 0 aliphatic heterocycles. The van der Waals surface area contributed by atoms with E-state index in [1.54, 1.807) is 4.52 Å².